The van der Waals surface area contributed by atoms with Gasteiger partial charge in [-0.05, 0) is 68.3 Å². The minimum absolute atomic E-state index is 0.00934. The van der Waals surface area contributed by atoms with E-state index in [9.17, 15) is 9.59 Å². The highest BCUT2D eigenvalue weighted by molar-refractivity contribution is 5.91. The molecule has 3 saturated carbocycles. The normalized spacial score (nSPS) is 43.7. The quantitative estimate of drug-likeness (QED) is 0.723. The topological polar surface area (TPSA) is 54.4 Å². The van der Waals surface area contributed by atoms with Crippen molar-refractivity contribution in [2.24, 2.45) is 35.0 Å². The van der Waals surface area contributed by atoms with Crippen LogP contribution in [0.5, 0.6) is 0 Å². The van der Waals surface area contributed by atoms with Gasteiger partial charge in [0.2, 0.25) is 0 Å². The van der Waals surface area contributed by atoms with Crippen LogP contribution in [0.1, 0.15) is 71.1 Å². The summed E-state index contributed by atoms with van der Waals surface area (Å²) in [5.74, 6) is 1.62. The van der Waals surface area contributed by atoms with E-state index >= 15 is 4.39 Å². The number of rotatable bonds is 5. The van der Waals surface area contributed by atoms with Gasteiger partial charge in [-0.15, -0.1) is 0 Å². The largest absolute Gasteiger partial charge is 0.396 e. The van der Waals surface area contributed by atoms with Crippen LogP contribution in [0, 0.1) is 35.0 Å². The van der Waals surface area contributed by atoms with Gasteiger partial charge in [0.05, 0.1) is 0 Å². The molecular weight excluding hydrogens is 343 g/mol. The molecule has 0 bridgehead atoms. The van der Waals surface area contributed by atoms with Gasteiger partial charge in [0.15, 0.2) is 5.78 Å². The maximum Gasteiger partial charge on any atom is 0.155 e. The van der Waals surface area contributed by atoms with Crippen molar-refractivity contribution in [1.29, 1.82) is 0 Å². The van der Waals surface area contributed by atoms with Crippen molar-refractivity contribution in [3.05, 3.63) is 11.6 Å². The number of Topliss-reactive ketones (excluding diaryl/α,β-unsaturated/α-hetero) is 1. The first-order valence-electron chi connectivity index (χ1n) is 11.0. The van der Waals surface area contributed by atoms with Crippen LogP contribution in [-0.2, 0) is 9.59 Å². The van der Waals surface area contributed by atoms with Gasteiger partial charge in [0.1, 0.15) is 12.0 Å². The summed E-state index contributed by atoms with van der Waals surface area (Å²) in [4.78, 5) is 24.6. The molecule has 0 aromatic carbocycles. The molecule has 0 saturated heterocycles. The van der Waals surface area contributed by atoms with E-state index in [1.54, 1.807) is 0 Å². The molecule has 0 aliphatic heterocycles. The third kappa shape index (κ3) is 3.22. The molecule has 0 heterocycles. The standard InChI is InChI=1S/C23H33FO3/c1-23-13-19(24)22-17-7-6-16(26)12-15(17)11-14(5-3-2-4-10-25)21(22)18(23)8-9-20(23)27/h12,14,17-19,21-22,25H,2-11,13H2,1H3/t14?,17-,18-,19?,21-,22-,23-/m0/s1. The maximum atomic E-state index is 15.6. The summed E-state index contributed by atoms with van der Waals surface area (Å²) in [5.41, 5.74) is 0.713. The predicted octanol–water partition coefficient (Wildman–Crippen LogP) is 4.42. The Balaban J connectivity index is 1.65. The second kappa shape index (κ2) is 7.42. The molecule has 2 unspecified atom stereocenters. The average molecular weight is 377 g/mol. The van der Waals surface area contributed by atoms with E-state index in [2.05, 4.69) is 0 Å². The second-order valence-corrected chi connectivity index (χ2v) is 9.73. The van der Waals surface area contributed by atoms with Crippen molar-refractivity contribution in [1.82, 2.24) is 0 Å². The Bertz CT molecular complexity index is 642. The van der Waals surface area contributed by atoms with Crippen molar-refractivity contribution in [3.63, 3.8) is 0 Å². The van der Waals surface area contributed by atoms with Crippen LogP contribution in [0.2, 0.25) is 0 Å². The number of ketones is 2. The maximum absolute atomic E-state index is 15.6. The first-order valence-corrected chi connectivity index (χ1v) is 11.0. The number of aliphatic hydroxyl groups excluding tert-OH is 1. The zero-order valence-corrected chi connectivity index (χ0v) is 16.5. The first kappa shape index (κ1) is 19.3. The zero-order valence-electron chi connectivity index (χ0n) is 16.5. The van der Waals surface area contributed by atoms with Crippen LogP contribution in [-0.4, -0.2) is 29.5 Å². The van der Waals surface area contributed by atoms with Gasteiger partial charge in [-0.2, -0.15) is 0 Å². The molecule has 0 radical (unpaired) electrons. The highest BCUT2D eigenvalue weighted by Gasteiger charge is 2.61. The number of allylic oxidation sites excluding steroid dienone is 1. The molecule has 4 rings (SSSR count). The summed E-state index contributed by atoms with van der Waals surface area (Å²) in [6.07, 6.45) is 8.92. The van der Waals surface area contributed by atoms with Gasteiger partial charge in [-0.1, -0.05) is 25.3 Å². The van der Waals surface area contributed by atoms with Crippen LogP contribution in [0.25, 0.3) is 0 Å². The number of fused-ring (bicyclic) bond motifs is 5. The summed E-state index contributed by atoms with van der Waals surface area (Å²) in [5, 5.41) is 9.06. The monoisotopic (exact) mass is 376 g/mol. The molecule has 27 heavy (non-hydrogen) atoms. The van der Waals surface area contributed by atoms with E-state index in [1.807, 2.05) is 13.0 Å². The Kier molecular flexibility index (Phi) is 5.30. The van der Waals surface area contributed by atoms with Crippen molar-refractivity contribution < 1.29 is 19.1 Å². The van der Waals surface area contributed by atoms with Gasteiger partial charge in [0.25, 0.3) is 0 Å². The number of carbonyl (C=O) groups excluding carboxylic acids is 2. The lowest BCUT2D eigenvalue weighted by Crippen LogP contribution is -2.54. The summed E-state index contributed by atoms with van der Waals surface area (Å²) in [7, 11) is 0. The molecule has 4 aliphatic carbocycles. The van der Waals surface area contributed by atoms with Crippen LogP contribution >= 0.6 is 0 Å². The fourth-order valence-electron chi connectivity index (χ4n) is 7.14. The number of hydrogen-bond acceptors (Lipinski definition) is 3. The lowest BCUT2D eigenvalue weighted by Gasteiger charge is -2.56. The average Bonchev–Trinajstić information content (AvgIpc) is 2.92. The Morgan fingerprint density at radius 3 is 2.74 bits per heavy atom. The Morgan fingerprint density at radius 2 is 1.96 bits per heavy atom. The molecule has 150 valence electrons. The number of hydrogen-bond donors (Lipinski definition) is 1. The van der Waals surface area contributed by atoms with Gasteiger partial charge in [-0.3, -0.25) is 9.59 Å². The van der Waals surface area contributed by atoms with Gasteiger partial charge < -0.3 is 5.11 Å². The molecule has 0 amide bonds. The molecular formula is C23H33FO3. The summed E-state index contributed by atoms with van der Waals surface area (Å²) in [6.45, 7) is 2.24. The van der Waals surface area contributed by atoms with Gasteiger partial charge in [0, 0.05) is 30.8 Å². The molecule has 4 heteroatoms. The lowest BCUT2D eigenvalue weighted by atomic mass is 9.48. The SMILES string of the molecule is C[C@]12CC(F)[C@H]3[C@@H](C(CCCCCO)CC4=CC(=O)CC[C@@H]43)[C@@H]1CCC2=O. The first-order chi connectivity index (χ1) is 13.0. The summed E-state index contributed by atoms with van der Waals surface area (Å²) in [6, 6.07) is 0. The molecule has 3 fully saturated rings. The number of halogens is 1. The minimum atomic E-state index is -0.930. The van der Waals surface area contributed by atoms with Crippen molar-refractivity contribution in [3.8, 4) is 0 Å². The fraction of sp³-hybridized carbons (Fsp3) is 0.826. The number of unbranched alkanes of at least 4 members (excludes halogenated alkanes) is 2. The number of alkyl halides is 1. The summed E-state index contributed by atoms with van der Waals surface area (Å²) >= 11 is 0. The fourth-order valence-corrected chi connectivity index (χ4v) is 7.14. The van der Waals surface area contributed by atoms with Crippen LogP contribution in [0.4, 0.5) is 4.39 Å². The Labute approximate surface area is 161 Å². The predicted molar refractivity (Wildman–Crippen MR) is 102 cm³/mol. The smallest absolute Gasteiger partial charge is 0.155 e. The van der Waals surface area contributed by atoms with E-state index in [0.29, 0.717) is 31.1 Å². The molecule has 4 aliphatic rings. The van der Waals surface area contributed by atoms with Crippen molar-refractivity contribution in [2.45, 2.75) is 77.3 Å². The molecule has 1 N–H and O–H groups in total. The van der Waals surface area contributed by atoms with E-state index in [1.165, 1.54) is 5.57 Å². The highest BCUT2D eigenvalue weighted by atomic mass is 19.1. The van der Waals surface area contributed by atoms with Crippen molar-refractivity contribution in [2.75, 3.05) is 6.61 Å². The molecule has 0 spiro atoms. The Hall–Kier alpha value is -1.03. The molecule has 7 atom stereocenters. The van der Waals surface area contributed by atoms with Crippen LogP contribution in [0.3, 0.4) is 0 Å². The lowest BCUT2D eigenvalue weighted by molar-refractivity contribution is -0.138. The minimum Gasteiger partial charge on any atom is -0.396 e. The zero-order chi connectivity index (χ0) is 19.2. The van der Waals surface area contributed by atoms with Gasteiger partial charge >= 0.3 is 0 Å². The van der Waals surface area contributed by atoms with Gasteiger partial charge in [-0.25, -0.2) is 4.39 Å². The highest BCUT2D eigenvalue weighted by Crippen LogP contribution is 2.63. The number of carbonyl (C=O) groups is 2. The molecule has 0 aromatic heterocycles. The Morgan fingerprint density at radius 1 is 1.15 bits per heavy atom. The second-order valence-electron chi connectivity index (χ2n) is 9.73. The molecule has 0 aromatic rings. The number of aliphatic hydroxyl groups is 1. The summed E-state index contributed by atoms with van der Waals surface area (Å²) < 4.78 is 15.6. The molecule has 3 nitrogen and oxygen atoms in total. The third-order valence-corrected chi connectivity index (χ3v) is 8.35. The van der Waals surface area contributed by atoms with Crippen LogP contribution < -0.4 is 0 Å². The van der Waals surface area contributed by atoms with E-state index < -0.39 is 11.6 Å². The van der Waals surface area contributed by atoms with E-state index in [4.69, 9.17) is 5.11 Å². The van der Waals surface area contributed by atoms with Crippen molar-refractivity contribution >= 4 is 11.6 Å². The van der Waals surface area contributed by atoms with Crippen LogP contribution in [0.15, 0.2) is 11.6 Å². The third-order valence-electron chi connectivity index (χ3n) is 8.35. The van der Waals surface area contributed by atoms with E-state index in [0.717, 1.165) is 44.9 Å². The van der Waals surface area contributed by atoms with E-state index in [-0.39, 0.29) is 35.9 Å².